The Hall–Kier alpha value is -3.73. The van der Waals surface area contributed by atoms with Crippen molar-refractivity contribution >= 4 is 17.7 Å². The molecular weight excluding hydrogens is 388 g/mol. The van der Waals surface area contributed by atoms with Crippen LogP contribution in [-0.2, 0) is 10.3 Å². The minimum Gasteiger partial charge on any atom is -0.315 e. The van der Waals surface area contributed by atoms with Crippen molar-refractivity contribution < 1.29 is 14.4 Å². The predicted octanol–water partition coefficient (Wildman–Crippen LogP) is 4.29. The molecule has 0 aromatic heterocycles. The van der Waals surface area contributed by atoms with Crippen LogP contribution >= 0.6 is 0 Å². The minimum atomic E-state index is -1.36. The van der Waals surface area contributed by atoms with Gasteiger partial charge in [0.2, 0.25) is 0 Å². The monoisotopic (exact) mass is 412 g/mol. The van der Waals surface area contributed by atoms with E-state index in [4.69, 9.17) is 0 Å². The first-order valence-corrected chi connectivity index (χ1v) is 10.2. The van der Waals surface area contributed by atoms with Gasteiger partial charge in [-0.1, -0.05) is 66.7 Å². The van der Waals surface area contributed by atoms with Crippen molar-refractivity contribution in [3.63, 3.8) is 0 Å². The van der Waals surface area contributed by atoms with Gasteiger partial charge in [-0.2, -0.15) is 0 Å². The van der Waals surface area contributed by atoms with Gasteiger partial charge in [-0.15, -0.1) is 0 Å². The molecule has 1 fully saturated rings. The average Bonchev–Trinajstić information content (AvgIpc) is 3.03. The molecule has 1 aliphatic heterocycles. The van der Waals surface area contributed by atoms with E-state index in [-0.39, 0.29) is 12.3 Å². The molecule has 1 N–H and O–H groups in total. The van der Waals surface area contributed by atoms with Crippen molar-refractivity contribution in [3.8, 4) is 0 Å². The highest BCUT2D eigenvalue weighted by Gasteiger charge is 2.54. The highest BCUT2D eigenvalue weighted by atomic mass is 16.2. The maximum atomic E-state index is 13.7. The Morgan fingerprint density at radius 2 is 1.32 bits per heavy atom. The Labute approximate surface area is 181 Å². The van der Waals surface area contributed by atoms with Crippen molar-refractivity contribution in [2.45, 2.75) is 26.3 Å². The first-order valence-electron chi connectivity index (χ1n) is 10.2. The van der Waals surface area contributed by atoms with Crippen LogP contribution in [0.3, 0.4) is 0 Å². The number of hydrogen-bond donors (Lipinski definition) is 1. The molecule has 5 heteroatoms. The second-order valence-electron chi connectivity index (χ2n) is 7.98. The fourth-order valence-corrected chi connectivity index (χ4v) is 4.14. The third-order valence-corrected chi connectivity index (χ3v) is 5.96. The lowest BCUT2D eigenvalue weighted by Gasteiger charge is -2.28. The number of amides is 3. The number of carbonyl (C=O) groups is 3. The number of Topliss-reactive ketones (excluding diaryl/α,β-unsaturated/α-hetero) is 1. The molecule has 0 atom stereocenters. The van der Waals surface area contributed by atoms with Gasteiger partial charge in [-0.05, 0) is 54.7 Å². The smallest absolute Gasteiger partial charge is 0.315 e. The number of hydrogen-bond acceptors (Lipinski definition) is 3. The number of aryl methyl sites for hydroxylation is 3. The number of benzene rings is 3. The summed E-state index contributed by atoms with van der Waals surface area (Å²) in [6.45, 7) is 5.48. The van der Waals surface area contributed by atoms with Gasteiger partial charge in [-0.25, -0.2) is 4.79 Å². The molecule has 156 valence electrons. The quantitative estimate of drug-likeness (QED) is 0.502. The lowest BCUT2D eigenvalue weighted by molar-refractivity contribution is -0.129. The van der Waals surface area contributed by atoms with Gasteiger partial charge in [0.1, 0.15) is 0 Å². The van der Waals surface area contributed by atoms with E-state index in [1.807, 2.05) is 93.6 Å². The van der Waals surface area contributed by atoms with Crippen LogP contribution in [0.5, 0.6) is 0 Å². The molecular formula is C26H24N2O3. The summed E-state index contributed by atoms with van der Waals surface area (Å²) in [5.74, 6) is -0.717. The zero-order valence-electron chi connectivity index (χ0n) is 17.8. The minimum absolute atomic E-state index is 0.263. The highest BCUT2D eigenvalue weighted by Crippen LogP contribution is 2.36. The van der Waals surface area contributed by atoms with Crippen molar-refractivity contribution in [1.29, 1.82) is 0 Å². The first-order chi connectivity index (χ1) is 14.8. The third-order valence-electron chi connectivity index (χ3n) is 5.96. The topological polar surface area (TPSA) is 66.5 Å². The molecule has 0 aliphatic carbocycles. The lowest BCUT2D eigenvalue weighted by Crippen LogP contribution is -2.45. The molecule has 0 bridgehead atoms. The van der Waals surface area contributed by atoms with Gasteiger partial charge in [0.05, 0.1) is 6.54 Å². The molecule has 0 spiro atoms. The van der Waals surface area contributed by atoms with Gasteiger partial charge in [-0.3, -0.25) is 14.5 Å². The van der Waals surface area contributed by atoms with E-state index in [0.29, 0.717) is 16.7 Å². The molecule has 1 aliphatic rings. The Balaban J connectivity index is 1.73. The Bertz CT molecular complexity index is 1130. The Morgan fingerprint density at radius 3 is 1.87 bits per heavy atom. The van der Waals surface area contributed by atoms with Crippen LogP contribution in [0.4, 0.5) is 4.79 Å². The number of carbonyl (C=O) groups excluding carboxylic acids is 3. The summed E-state index contributed by atoms with van der Waals surface area (Å²) in [7, 11) is 0. The fraction of sp³-hybridized carbons (Fsp3) is 0.192. The van der Waals surface area contributed by atoms with E-state index in [2.05, 4.69) is 5.32 Å². The van der Waals surface area contributed by atoms with Gasteiger partial charge >= 0.3 is 6.03 Å². The molecule has 0 saturated carbocycles. The van der Waals surface area contributed by atoms with Crippen LogP contribution < -0.4 is 5.32 Å². The average molecular weight is 412 g/mol. The molecule has 3 aromatic rings. The molecule has 3 amide bonds. The second-order valence-corrected chi connectivity index (χ2v) is 7.98. The highest BCUT2D eigenvalue weighted by molar-refractivity contribution is 6.13. The zero-order chi connectivity index (χ0) is 22.2. The molecule has 0 radical (unpaired) electrons. The van der Waals surface area contributed by atoms with Crippen LogP contribution in [0.15, 0.2) is 72.8 Å². The van der Waals surface area contributed by atoms with Gasteiger partial charge in [0.15, 0.2) is 11.3 Å². The van der Waals surface area contributed by atoms with Crippen LogP contribution in [0.1, 0.15) is 38.2 Å². The number of ketones is 1. The van der Waals surface area contributed by atoms with Gasteiger partial charge in [0, 0.05) is 5.56 Å². The molecule has 1 saturated heterocycles. The summed E-state index contributed by atoms with van der Waals surface area (Å²) in [5.41, 5.74) is 3.38. The van der Waals surface area contributed by atoms with Crippen LogP contribution in [-0.4, -0.2) is 29.2 Å². The largest absolute Gasteiger partial charge is 0.325 e. The van der Waals surface area contributed by atoms with Crippen LogP contribution in [0.2, 0.25) is 0 Å². The number of imide groups is 1. The maximum Gasteiger partial charge on any atom is 0.325 e. The van der Waals surface area contributed by atoms with Crippen molar-refractivity contribution in [3.05, 3.63) is 106 Å². The van der Waals surface area contributed by atoms with E-state index in [9.17, 15) is 14.4 Å². The maximum absolute atomic E-state index is 13.7. The van der Waals surface area contributed by atoms with Crippen molar-refractivity contribution in [1.82, 2.24) is 10.2 Å². The van der Waals surface area contributed by atoms with Crippen LogP contribution in [0, 0.1) is 20.8 Å². The van der Waals surface area contributed by atoms with E-state index < -0.39 is 17.5 Å². The number of rotatable bonds is 5. The Morgan fingerprint density at radius 1 is 0.806 bits per heavy atom. The summed E-state index contributed by atoms with van der Waals surface area (Å²) < 4.78 is 0. The summed E-state index contributed by atoms with van der Waals surface area (Å²) in [4.78, 5) is 40.8. The van der Waals surface area contributed by atoms with Crippen molar-refractivity contribution in [2.75, 3.05) is 6.54 Å². The normalized spacial score (nSPS) is 15.1. The summed E-state index contributed by atoms with van der Waals surface area (Å²) in [5, 5.41) is 2.88. The standard InChI is InChI=1S/C26H24N2O3/c1-17-14-19(3)22(15-18(17)2)23(29)16-28-24(30)26(27-25(28)31,20-10-6-4-7-11-20)21-12-8-5-9-13-21/h4-15H,16H2,1-3H3,(H,27,31). The molecule has 3 aromatic carbocycles. The number of nitrogens with zero attached hydrogens (tertiary/aromatic N) is 1. The second kappa shape index (κ2) is 7.84. The third kappa shape index (κ3) is 3.42. The summed E-state index contributed by atoms with van der Waals surface area (Å²) in [6.07, 6.45) is 0. The van der Waals surface area contributed by atoms with Crippen LogP contribution in [0.25, 0.3) is 0 Å². The number of nitrogens with one attached hydrogen (secondary N) is 1. The van der Waals surface area contributed by atoms with E-state index in [0.717, 1.165) is 21.6 Å². The van der Waals surface area contributed by atoms with E-state index in [1.54, 1.807) is 0 Å². The number of urea groups is 1. The predicted molar refractivity (Wildman–Crippen MR) is 119 cm³/mol. The molecule has 31 heavy (non-hydrogen) atoms. The molecule has 5 nitrogen and oxygen atoms in total. The van der Waals surface area contributed by atoms with E-state index in [1.165, 1.54) is 0 Å². The van der Waals surface area contributed by atoms with Gasteiger partial charge < -0.3 is 5.32 Å². The summed E-state index contributed by atoms with van der Waals surface area (Å²) >= 11 is 0. The molecule has 4 rings (SSSR count). The molecule has 0 unspecified atom stereocenters. The van der Waals surface area contributed by atoms with E-state index >= 15 is 0 Å². The lowest BCUT2D eigenvalue weighted by atomic mass is 9.82. The first kappa shape index (κ1) is 20.5. The van der Waals surface area contributed by atoms with Gasteiger partial charge in [0.25, 0.3) is 5.91 Å². The zero-order valence-corrected chi connectivity index (χ0v) is 17.8. The SMILES string of the molecule is Cc1cc(C)c(C(=O)CN2C(=O)NC(c3ccccc3)(c3ccccc3)C2=O)cc1C. The molecule has 1 heterocycles. The summed E-state index contributed by atoms with van der Waals surface area (Å²) in [6, 6.07) is 21.4. The van der Waals surface area contributed by atoms with Crippen molar-refractivity contribution in [2.24, 2.45) is 0 Å². The fourth-order valence-electron chi connectivity index (χ4n) is 4.14. The Kier molecular flexibility index (Phi) is 5.19.